The number of aromatic hydroxyl groups is 1. The first-order chi connectivity index (χ1) is 23.3. The van der Waals surface area contributed by atoms with Crippen molar-refractivity contribution in [3.63, 3.8) is 0 Å². The molecule has 262 valence electrons. The summed E-state index contributed by atoms with van der Waals surface area (Å²) in [6.45, 7) is 2.93. The topological polar surface area (TPSA) is 179 Å². The van der Waals surface area contributed by atoms with Gasteiger partial charge >= 0.3 is 0 Å². The second-order valence-electron chi connectivity index (χ2n) is 11.3. The lowest BCUT2D eigenvalue weighted by Crippen LogP contribution is -2.44. The number of anilines is 2. The largest absolute Gasteiger partial charge is 0.508 e. The van der Waals surface area contributed by atoms with Crippen molar-refractivity contribution in [3.05, 3.63) is 72.3 Å². The summed E-state index contributed by atoms with van der Waals surface area (Å²) >= 11 is 2.31. The zero-order valence-corrected chi connectivity index (χ0v) is 29.8. The van der Waals surface area contributed by atoms with Gasteiger partial charge in [0.15, 0.2) is 6.61 Å². The highest BCUT2D eigenvalue weighted by molar-refractivity contribution is 8.14. The molecule has 3 aromatic rings. The Morgan fingerprint density at radius 1 is 1.06 bits per heavy atom. The quantitative estimate of drug-likeness (QED) is 0.0914. The summed E-state index contributed by atoms with van der Waals surface area (Å²) in [5.41, 5.74) is 0.208. The highest BCUT2D eigenvalue weighted by atomic mass is 32.2. The van der Waals surface area contributed by atoms with Crippen molar-refractivity contribution in [2.24, 2.45) is 5.41 Å². The number of hydrogen-bond donors (Lipinski definition) is 4. The van der Waals surface area contributed by atoms with E-state index in [1.54, 1.807) is 17.0 Å². The molecule has 0 saturated heterocycles. The van der Waals surface area contributed by atoms with E-state index in [1.807, 2.05) is 50.4 Å². The first-order valence-corrected chi connectivity index (χ1v) is 19.3. The maximum Gasteiger partial charge on any atom is 0.266 e. The van der Waals surface area contributed by atoms with E-state index in [0.29, 0.717) is 51.7 Å². The number of nitrogens with one attached hydrogen (secondary N) is 2. The lowest BCUT2D eigenvalue weighted by Gasteiger charge is -2.33. The van der Waals surface area contributed by atoms with E-state index in [9.17, 15) is 32.7 Å². The van der Waals surface area contributed by atoms with Gasteiger partial charge in [-0.2, -0.15) is 8.42 Å². The van der Waals surface area contributed by atoms with Crippen LogP contribution in [0.2, 0.25) is 0 Å². The van der Waals surface area contributed by atoms with Crippen LogP contribution in [-0.2, 0) is 29.3 Å². The van der Waals surface area contributed by atoms with Crippen molar-refractivity contribution >= 4 is 67.9 Å². The van der Waals surface area contributed by atoms with Gasteiger partial charge < -0.3 is 20.5 Å². The molecule has 0 radical (unpaired) electrons. The molecule has 0 fully saturated rings. The van der Waals surface area contributed by atoms with E-state index >= 15 is 0 Å². The maximum absolute atomic E-state index is 14.4. The molecule has 0 saturated carbocycles. The fraction of sp³-hybridized carbons (Fsp3) is 0.353. The fourth-order valence-corrected chi connectivity index (χ4v) is 7.44. The minimum Gasteiger partial charge on any atom is -0.508 e. The fourth-order valence-electron chi connectivity index (χ4n) is 5.38. The number of unbranched alkanes of at least 4 members (excludes halogenated alkanes) is 1. The van der Waals surface area contributed by atoms with E-state index < -0.39 is 52.3 Å². The Bertz CT molecular complexity index is 1790. The maximum atomic E-state index is 14.4. The number of amides is 3. The van der Waals surface area contributed by atoms with Crippen LogP contribution in [0.25, 0.3) is 0 Å². The molecule has 4 rings (SSSR count). The Hall–Kier alpha value is -4.05. The van der Waals surface area contributed by atoms with E-state index in [0.717, 1.165) is 18.2 Å². The van der Waals surface area contributed by atoms with Gasteiger partial charge in [0, 0.05) is 17.1 Å². The molecule has 0 bridgehead atoms. The van der Waals surface area contributed by atoms with Crippen molar-refractivity contribution in [2.75, 3.05) is 30.1 Å². The van der Waals surface area contributed by atoms with Crippen LogP contribution in [0.1, 0.15) is 51.1 Å². The second-order valence-corrected chi connectivity index (χ2v) is 14.8. The van der Waals surface area contributed by atoms with Gasteiger partial charge in [-0.05, 0) is 72.8 Å². The number of carbonyl (C=O) groups excluding carboxylic acids is 4. The van der Waals surface area contributed by atoms with E-state index in [-0.39, 0.29) is 16.8 Å². The summed E-state index contributed by atoms with van der Waals surface area (Å²) in [6, 6.07) is 16.8. The van der Waals surface area contributed by atoms with Crippen LogP contribution in [-0.4, -0.2) is 66.1 Å². The summed E-state index contributed by atoms with van der Waals surface area (Å²) in [7, 11) is -4.33. The normalized spacial score (nSPS) is 16.8. The van der Waals surface area contributed by atoms with Gasteiger partial charge in [0.2, 0.25) is 16.9 Å². The molecule has 0 spiro atoms. The highest BCUT2D eigenvalue weighted by Gasteiger charge is 2.49. The number of ether oxygens (including phenoxy) is 1. The molecule has 49 heavy (non-hydrogen) atoms. The number of carbonyl (C=O) groups is 4. The van der Waals surface area contributed by atoms with Crippen molar-refractivity contribution in [2.45, 2.75) is 55.4 Å². The van der Waals surface area contributed by atoms with Crippen LogP contribution in [0, 0.1) is 5.41 Å². The number of hydrogen-bond acceptors (Lipinski definition) is 10. The van der Waals surface area contributed by atoms with Crippen LogP contribution in [0.3, 0.4) is 0 Å². The molecule has 1 aliphatic rings. The molecule has 15 heteroatoms. The first kappa shape index (κ1) is 37.8. The lowest BCUT2D eigenvalue weighted by molar-refractivity contribution is -0.136. The molecule has 1 heterocycles. The number of para-hydroxylation sites is 1. The number of phenols is 1. The summed E-state index contributed by atoms with van der Waals surface area (Å²) in [6.07, 6.45) is 4.08. The van der Waals surface area contributed by atoms with Crippen LogP contribution in [0.4, 0.5) is 11.4 Å². The first-order valence-electron chi connectivity index (χ1n) is 15.6. The summed E-state index contributed by atoms with van der Waals surface area (Å²) in [4.78, 5) is 57.2. The van der Waals surface area contributed by atoms with Crippen LogP contribution >= 0.6 is 23.5 Å². The minimum absolute atomic E-state index is 0.0674. The van der Waals surface area contributed by atoms with Gasteiger partial charge in [0.1, 0.15) is 23.0 Å². The minimum atomic E-state index is -4.33. The molecule has 1 unspecified atom stereocenters. The van der Waals surface area contributed by atoms with Crippen molar-refractivity contribution in [1.29, 1.82) is 0 Å². The Balaban J connectivity index is 1.63. The summed E-state index contributed by atoms with van der Waals surface area (Å²) < 4.78 is 37.2. The van der Waals surface area contributed by atoms with Gasteiger partial charge in [-0.25, -0.2) is 0 Å². The zero-order valence-electron chi connectivity index (χ0n) is 27.3. The van der Waals surface area contributed by atoms with Gasteiger partial charge in [0.05, 0.1) is 16.3 Å². The number of rotatable bonds is 15. The number of fused-ring (bicyclic) bond motifs is 1. The van der Waals surface area contributed by atoms with Crippen molar-refractivity contribution < 1.29 is 42.0 Å². The molecular formula is C34H39N3O9S3. The molecule has 0 aromatic heterocycles. The Labute approximate surface area is 294 Å². The smallest absolute Gasteiger partial charge is 0.266 e. The van der Waals surface area contributed by atoms with Gasteiger partial charge in [-0.1, -0.05) is 57.0 Å². The number of thioether (sulfide) groups is 2. The standard InChI is InChI=1S/C34H39N3O9S3/c1-4-6-16-34(5-2)32(41)37(23-10-8-7-9-11-23)25-19-28(47-3)26(20-27(25)48-33(34)42)46-21-29(39)36-30(22-12-14-24(38)15-13-22)31(40)35-17-18-49(43,44)45/h7-15,19-20,30,38H,4-6,16-18,21H2,1-3H3,(H,35,40)(H,36,39)(H,43,44,45)/t30-,34?/m1/s1. The van der Waals surface area contributed by atoms with Crippen LogP contribution < -0.4 is 20.3 Å². The third-order valence-corrected chi connectivity index (χ3v) is 10.7. The molecule has 2 atom stereocenters. The van der Waals surface area contributed by atoms with Gasteiger partial charge in [-0.3, -0.25) is 28.6 Å². The molecule has 3 amide bonds. The SMILES string of the molecule is CCCCC1(CC)C(=O)Sc2cc(OCC(=O)N[C@@H](C(=O)NCCS(=O)(=O)O)c3ccc(O)cc3)c(SC)cc2N(c2ccccc2)C1=O. The van der Waals surface area contributed by atoms with Gasteiger partial charge in [0.25, 0.3) is 16.0 Å². The zero-order chi connectivity index (χ0) is 35.8. The molecule has 3 aromatic carbocycles. The number of phenolic OH excluding ortho intramolecular Hbond substituents is 1. The molecular weight excluding hydrogens is 691 g/mol. The van der Waals surface area contributed by atoms with Crippen molar-refractivity contribution in [3.8, 4) is 11.5 Å². The summed E-state index contributed by atoms with van der Waals surface area (Å²) in [5.74, 6) is -2.23. The van der Waals surface area contributed by atoms with E-state index in [4.69, 9.17) is 9.29 Å². The molecule has 4 N–H and O–H groups in total. The molecule has 1 aliphatic heterocycles. The van der Waals surface area contributed by atoms with E-state index in [1.165, 1.54) is 36.0 Å². The Morgan fingerprint density at radius 2 is 1.76 bits per heavy atom. The van der Waals surface area contributed by atoms with Crippen LogP contribution in [0.5, 0.6) is 11.5 Å². The third-order valence-electron chi connectivity index (χ3n) is 8.08. The molecule has 12 nitrogen and oxygen atoms in total. The average Bonchev–Trinajstić information content (AvgIpc) is 3.16. The van der Waals surface area contributed by atoms with E-state index in [2.05, 4.69) is 10.6 Å². The number of benzene rings is 3. The second kappa shape index (κ2) is 16.6. The molecule has 0 aliphatic carbocycles. The van der Waals surface area contributed by atoms with Gasteiger partial charge in [-0.15, -0.1) is 11.8 Å². The monoisotopic (exact) mass is 729 g/mol. The van der Waals surface area contributed by atoms with Crippen LogP contribution in [0.15, 0.2) is 76.5 Å². The average molecular weight is 730 g/mol. The summed E-state index contributed by atoms with van der Waals surface area (Å²) in [5, 5.41) is 14.4. The Kier molecular flexibility index (Phi) is 12.8. The predicted octanol–water partition coefficient (Wildman–Crippen LogP) is 5.24. The number of nitrogens with zero attached hydrogens (tertiary/aromatic N) is 1. The third kappa shape index (κ3) is 9.15. The lowest BCUT2D eigenvalue weighted by atomic mass is 9.79. The Morgan fingerprint density at radius 3 is 2.37 bits per heavy atom. The predicted molar refractivity (Wildman–Crippen MR) is 189 cm³/mol. The van der Waals surface area contributed by atoms with Crippen molar-refractivity contribution in [1.82, 2.24) is 10.6 Å². The highest BCUT2D eigenvalue weighted by Crippen LogP contribution is 2.51.